The number of unbranched alkanes of at least 4 members (excludes halogenated alkanes) is 1. The Morgan fingerprint density at radius 2 is 1.93 bits per heavy atom. The molecule has 1 fully saturated rings. The molecule has 0 saturated heterocycles. The van der Waals surface area contributed by atoms with Gasteiger partial charge in [-0.25, -0.2) is 4.79 Å². The van der Waals surface area contributed by atoms with Gasteiger partial charge in [-0.05, 0) is 37.0 Å². The Morgan fingerprint density at radius 3 is 2.55 bits per heavy atom. The van der Waals surface area contributed by atoms with Crippen molar-refractivity contribution >= 4 is 12.0 Å². The molecule has 2 rings (SSSR count). The van der Waals surface area contributed by atoms with Gasteiger partial charge in [-0.3, -0.25) is 4.79 Å². The fourth-order valence-electron chi connectivity index (χ4n) is 3.55. The summed E-state index contributed by atoms with van der Waals surface area (Å²) in [6.07, 6.45) is 5.39. The summed E-state index contributed by atoms with van der Waals surface area (Å²) in [6, 6.07) is 8.23. The molecule has 1 aromatic carbocycles. The first kappa shape index (κ1) is 22.2. The van der Waals surface area contributed by atoms with Crippen molar-refractivity contribution in [1.29, 1.82) is 10.5 Å². The SMILES string of the molecule is CCCCOC(=O)N[C@@H](Cc1ccc(C#N)c(C#N)c1)C(=O)N(C)C1CCCC1. The zero-order valence-corrected chi connectivity index (χ0v) is 17.1. The summed E-state index contributed by atoms with van der Waals surface area (Å²) >= 11 is 0. The van der Waals surface area contributed by atoms with Crippen molar-refractivity contribution in [3.05, 3.63) is 34.9 Å². The lowest BCUT2D eigenvalue weighted by atomic mass is 9.99. The summed E-state index contributed by atoms with van der Waals surface area (Å²) in [4.78, 5) is 27.0. The summed E-state index contributed by atoms with van der Waals surface area (Å²) < 4.78 is 5.17. The van der Waals surface area contributed by atoms with Crippen LogP contribution in [0.4, 0.5) is 4.79 Å². The van der Waals surface area contributed by atoms with E-state index in [1.807, 2.05) is 19.1 Å². The number of carbonyl (C=O) groups is 2. The maximum atomic E-state index is 13.1. The number of hydrogen-bond acceptors (Lipinski definition) is 5. The van der Waals surface area contributed by atoms with E-state index in [2.05, 4.69) is 5.32 Å². The number of benzene rings is 1. The third-order valence-electron chi connectivity index (χ3n) is 5.31. The fourth-order valence-corrected chi connectivity index (χ4v) is 3.55. The average molecular weight is 396 g/mol. The van der Waals surface area contributed by atoms with Crippen LogP contribution in [-0.2, 0) is 16.0 Å². The maximum Gasteiger partial charge on any atom is 0.407 e. The first-order valence-electron chi connectivity index (χ1n) is 10.1. The van der Waals surface area contributed by atoms with Crippen molar-refractivity contribution in [2.75, 3.05) is 13.7 Å². The molecular weight excluding hydrogens is 368 g/mol. The summed E-state index contributed by atoms with van der Waals surface area (Å²) in [7, 11) is 1.77. The topological polar surface area (TPSA) is 106 Å². The minimum atomic E-state index is -0.797. The molecule has 1 aliphatic rings. The molecule has 1 N–H and O–H groups in total. The quantitative estimate of drug-likeness (QED) is 0.679. The maximum absolute atomic E-state index is 13.1. The molecule has 0 unspecified atom stereocenters. The molecule has 1 atom stereocenters. The van der Waals surface area contributed by atoms with Crippen molar-refractivity contribution < 1.29 is 14.3 Å². The first-order chi connectivity index (χ1) is 14.0. The van der Waals surface area contributed by atoms with Gasteiger partial charge in [0, 0.05) is 19.5 Å². The molecule has 2 amide bonds. The molecule has 1 aliphatic carbocycles. The molecule has 0 heterocycles. The number of ether oxygens (including phenoxy) is 1. The van der Waals surface area contributed by atoms with Crippen LogP contribution in [0.5, 0.6) is 0 Å². The first-order valence-corrected chi connectivity index (χ1v) is 10.1. The van der Waals surface area contributed by atoms with Crippen LogP contribution in [0.3, 0.4) is 0 Å². The molecule has 154 valence electrons. The Hall–Kier alpha value is -3.06. The van der Waals surface area contributed by atoms with Crippen LogP contribution in [0.15, 0.2) is 18.2 Å². The van der Waals surface area contributed by atoms with Gasteiger partial charge in [0.1, 0.15) is 18.2 Å². The Balaban J connectivity index is 2.17. The molecule has 7 heteroatoms. The summed E-state index contributed by atoms with van der Waals surface area (Å²) in [5, 5.41) is 21.0. The van der Waals surface area contributed by atoms with Crippen molar-refractivity contribution in [3.8, 4) is 12.1 Å². The van der Waals surface area contributed by atoms with Gasteiger partial charge in [0.15, 0.2) is 0 Å². The highest BCUT2D eigenvalue weighted by Gasteiger charge is 2.30. The number of nitrogens with one attached hydrogen (secondary N) is 1. The van der Waals surface area contributed by atoms with Crippen LogP contribution in [0.2, 0.25) is 0 Å². The van der Waals surface area contributed by atoms with E-state index in [4.69, 9.17) is 10.00 Å². The number of rotatable bonds is 8. The highest BCUT2D eigenvalue weighted by molar-refractivity contribution is 5.86. The second kappa shape index (κ2) is 11.1. The number of alkyl carbamates (subject to hydrolysis) is 1. The largest absolute Gasteiger partial charge is 0.450 e. The number of likely N-dealkylation sites (N-methyl/N-ethyl adjacent to an activating group) is 1. The standard InChI is InChI=1S/C22H28N4O3/c1-3-4-11-29-22(28)25-20(21(27)26(2)19-7-5-6-8-19)13-16-9-10-17(14-23)18(12-16)15-24/h9-10,12,19-20H,3-8,11,13H2,1-2H3,(H,25,28)/t20-/m0/s1. The Morgan fingerprint density at radius 1 is 1.24 bits per heavy atom. The smallest absolute Gasteiger partial charge is 0.407 e. The second-order valence-electron chi connectivity index (χ2n) is 7.38. The Bertz CT molecular complexity index is 803. The van der Waals surface area contributed by atoms with Crippen LogP contribution < -0.4 is 5.32 Å². The molecule has 0 radical (unpaired) electrons. The van der Waals surface area contributed by atoms with Crippen molar-refractivity contribution in [1.82, 2.24) is 10.2 Å². The Kier molecular flexibility index (Phi) is 8.48. The number of hydrogen-bond donors (Lipinski definition) is 1. The lowest BCUT2D eigenvalue weighted by molar-refractivity contribution is -0.134. The van der Waals surface area contributed by atoms with Gasteiger partial charge in [0.05, 0.1) is 17.7 Å². The predicted octanol–water partition coefficient (Wildman–Crippen LogP) is 3.27. The number of carbonyl (C=O) groups excluding carboxylic acids is 2. The van der Waals surface area contributed by atoms with Gasteiger partial charge in [-0.15, -0.1) is 0 Å². The van der Waals surface area contributed by atoms with Crippen LogP contribution in [0.25, 0.3) is 0 Å². The third kappa shape index (κ3) is 6.22. The number of nitriles is 2. The summed E-state index contributed by atoms with van der Waals surface area (Å²) in [5.74, 6) is -0.174. The van der Waals surface area contributed by atoms with Gasteiger partial charge in [0.25, 0.3) is 0 Å². The monoisotopic (exact) mass is 396 g/mol. The molecule has 0 aliphatic heterocycles. The molecule has 0 spiro atoms. The Labute approximate surface area is 172 Å². The zero-order valence-electron chi connectivity index (χ0n) is 17.1. The molecule has 1 aromatic rings. The second-order valence-corrected chi connectivity index (χ2v) is 7.38. The molecule has 1 saturated carbocycles. The molecule has 0 bridgehead atoms. The highest BCUT2D eigenvalue weighted by Crippen LogP contribution is 2.23. The summed E-state index contributed by atoms with van der Waals surface area (Å²) in [5.41, 5.74) is 1.24. The van der Waals surface area contributed by atoms with Gasteiger partial charge in [0.2, 0.25) is 5.91 Å². The number of amides is 2. The van der Waals surface area contributed by atoms with E-state index >= 15 is 0 Å². The van der Waals surface area contributed by atoms with Gasteiger partial charge in [-0.2, -0.15) is 10.5 Å². The van der Waals surface area contributed by atoms with Crippen molar-refractivity contribution in [3.63, 3.8) is 0 Å². The third-order valence-corrected chi connectivity index (χ3v) is 5.31. The zero-order chi connectivity index (χ0) is 21.2. The lowest BCUT2D eigenvalue weighted by Crippen LogP contribution is -2.51. The van der Waals surface area contributed by atoms with Gasteiger partial charge in [-0.1, -0.05) is 32.3 Å². The lowest BCUT2D eigenvalue weighted by Gasteiger charge is -2.29. The van der Waals surface area contributed by atoms with Crippen molar-refractivity contribution in [2.45, 2.75) is 64.0 Å². The molecular formula is C22H28N4O3. The highest BCUT2D eigenvalue weighted by atomic mass is 16.5. The minimum Gasteiger partial charge on any atom is -0.450 e. The summed E-state index contributed by atoms with van der Waals surface area (Å²) in [6.45, 7) is 2.30. The van der Waals surface area contributed by atoms with E-state index in [1.54, 1.807) is 30.1 Å². The molecule has 7 nitrogen and oxygen atoms in total. The van der Waals surface area contributed by atoms with E-state index < -0.39 is 12.1 Å². The van der Waals surface area contributed by atoms with Crippen LogP contribution in [0, 0.1) is 22.7 Å². The normalized spacial score (nSPS) is 14.5. The van der Waals surface area contributed by atoms with E-state index in [0.717, 1.165) is 38.5 Å². The fraction of sp³-hybridized carbons (Fsp3) is 0.545. The van der Waals surface area contributed by atoms with E-state index in [-0.39, 0.29) is 29.5 Å². The van der Waals surface area contributed by atoms with Crippen LogP contribution in [0.1, 0.15) is 62.1 Å². The molecule has 0 aromatic heterocycles. The van der Waals surface area contributed by atoms with E-state index in [9.17, 15) is 14.9 Å². The number of nitrogens with zero attached hydrogens (tertiary/aromatic N) is 3. The van der Waals surface area contributed by atoms with E-state index in [0.29, 0.717) is 12.2 Å². The van der Waals surface area contributed by atoms with Gasteiger partial charge < -0.3 is 15.0 Å². The van der Waals surface area contributed by atoms with Crippen LogP contribution >= 0.6 is 0 Å². The average Bonchev–Trinajstić information content (AvgIpc) is 3.27. The van der Waals surface area contributed by atoms with E-state index in [1.165, 1.54) is 0 Å². The minimum absolute atomic E-state index is 0.174. The van der Waals surface area contributed by atoms with Gasteiger partial charge >= 0.3 is 6.09 Å². The van der Waals surface area contributed by atoms with Crippen LogP contribution in [-0.4, -0.2) is 42.6 Å². The predicted molar refractivity (Wildman–Crippen MR) is 108 cm³/mol. The van der Waals surface area contributed by atoms with Crippen molar-refractivity contribution in [2.24, 2.45) is 0 Å². The molecule has 29 heavy (non-hydrogen) atoms.